The van der Waals surface area contributed by atoms with Gasteiger partial charge in [-0.3, -0.25) is 9.69 Å². The van der Waals surface area contributed by atoms with Crippen LogP contribution in [0.4, 0.5) is 4.79 Å². The molecule has 3 heterocycles. The van der Waals surface area contributed by atoms with Gasteiger partial charge in [0.05, 0.1) is 19.4 Å². The molecule has 1 aromatic carbocycles. The van der Waals surface area contributed by atoms with Crippen molar-refractivity contribution in [1.29, 1.82) is 0 Å². The maximum Gasteiger partial charge on any atom is 0.413 e. The van der Waals surface area contributed by atoms with E-state index in [1.807, 2.05) is 30.3 Å². The lowest BCUT2D eigenvalue weighted by atomic mass is 10.2. The summed E-state index contributed by atoms with van der Waals surface area (Å²) in [5.41, 5.74) is -0.314. The zero-order chi connectivity index (χ0) is 25.9. The smallest absolute Gasteiger partial charge is 0.413 e. The minimum absolute atomic E-state index is 0.00356. The third kappa shape index (κ3) is 5.13. The third-order valence-electron chi connectivity index (χ3n) is 5.35. The minimum Gasteiger partial charge on any atom is -0.464 e. The molecule has 0 radical (unpaired) electrons. The van der Waals surface area contributed by atoms with Gasteiger partial charge in [-0.2, -0.15) is 0 Å². The van der Waals surface area contributed by atoms with Crippen molar-refractivity contribution in [3.8, 4) is 0 Å². The molecule has 1 aliphatic heterocycles. The Bertz CT molecular complexity index is 1280. The van der Waals surface area contributed by atoms with E-state index >= 15 is 0 Å². The highest BCUT2D eigenvalue weighted by Crippen LogP contribution is 2.37. The van der Waals surface area contributed by atoms with Crippen LogP contribution in [0.1, 0.15) is 58.2 Å². The standard InChI is InChI=1S/C24H24N4O8/c1-14(20-27-17(12-33-20)22(30)32-4)25-19(29)16-11-34-21(26-16)18-13-36-24(2,3)28(18)23(31)35-10-15-8-6-5-7-9-15/h5-9,11-12,18H,1,10,13H2,2-4H3,(H,25,29)/t18-/m0/s1. The quantitative estimate of drug-likeness (QED) is 0.483. The number of amides is 2. The van der Waals surface area contributed by atoms with Gasteiger partial charge in [0.15, 0.2) is 11.4 Å². The largest absolute Gasteiger partial charge is 0.464 e. The summed E-state index contributed by atoms with van der Waals surface area (Å²) in [6.07, 6.45) is 1.61. The van der Waals surface area contributed by atoms with Gasteiger partial charge in [0, 0.05) is 0 Å². The van der Waals surface area contributed by atoms with Crippen molar-refractivity contribution in [3.05, 3.63) is 78.2 Å². The summed E-state index contributed by atoms with van der Waals surface area (Å²) >= 11 is 0. The molecule has 2 amide bonds. The normalized spacial score (nSPS) is 16.4. The van der Waals surface area contributed by atoms with Gasteiger partial charge in [0.1, 0.15) is 30.9 Å². The SMILES string of the molecule is C=C(NC(=O)c1coc([C@@H]2COC(C)(C)N2C(=O)OCc2ccccc2)n1)c1nc(C(=O)OC)co1. The zero-order valence-electron chi connectivity index (χ0n) is 19.8. The predicted octanol–water partition coefficient (Wildman–Crippen LogP) is 3.30. The molecular weight excluding hydrogens is 472 g/mol. The van der Waals surface area contributed by atoms with Gasteiger partial charge in [0.25, 0.3) is 5.91 Å². The van der Waals surface area contributed by atoms with Crippen LogP contribution in [0.15, 0.2) is 58.3 Å². The lowest BCUT2D eigenvalue weighted by Crippen LogP contribution is -2.45. The summed E-state index contributed by atoms with van der Waals surface area (Å²) in [7, 11) is 1.20. The number of ether oxygens (including phenoxy) is 3. The van der Waals surface area contributed by atoms with Crippen molar-refractivity contribution in [1.82, 2.24) is 20.2 Å². The molecule has 0 spiro atoms. The van der Waals surface area contributed by atoms with Gasteiger partial charge in [-0.15, -0.1) is 0 Å². The van der Waals surface area contributed by atoms with E-state index in [0.717, 1.165) is 18.1 Å². The van der Waals surface area contributed by atoms with Crippen LogP contribution < -0.4 is 5.32 Å². The van der Waals surface area contributed by atoms with E-state index in [9.17, 15) is 14.4 Å². The van der Waals surface area contributed by atoms with Crippen LogP contribution in [0.5, 0.6) is 0 Å². The highest BCUT2D eigenvalue weighted by molar-refractivity contribution is 5.97. The van der Waals surface area contributed by atoms with Crippen LogP contribution in [0, 0.1) is 0 Å². The molecule has 4 rings (SSSR count). The van der Waals surface area contributed by atoms with Gasteiger partial charge in [-0.05, 0) is 19.4 Å². The summed E-state index contributed by atoms with van der Waals surface area (Å²) in [6.45, 7) is 7.30. The number of aromatic nitrogens is 2. The first kappa shape index (κ1) is 24.7. The molecule has 1 N–H and O–H groups in total. The van der Waals surface area contributed by atoms with Crippen molar-refractivity contribution >= 4 is 23.7 Å². The number of esters is 1. The first-order chi connectivity index (χ1) is 17.2. The van der Waals surface area contributed by atoms with Crippen molar-refractivity contribution in [2.24, 2.45) is 0 Å². The fraction of sp³-hybridized carbons (Fsp3) is 0.292. The van der Waals surface area contributed by atoms with Crippen LogP contribution in [-0.4, -0.2) is 52.3 Å². The maximum absolute atomic E-state index is 12.9. The number of nitrogens with one attached hydrogen (secondary N) is 1. The average Bonchev–Trinajstić information content (AvgIpc) is 3.61. The van der Waals surface area contributed by atoms with Crippen LogP contribution >= 0.6 is 0 Å². The Hall–Kier alpha value is -4.45. The average molecular weight is 496 g/mol. The topological polar surface area (TPSA) is 146 Å². The molecule has 0 aliphatic carbocycles. The van der Waals surface area contributed by atoms with E-state index in [2.05, 4.69) is 26.6 Å². The Balaban J connectivity index is 1.43. The summed E-state index contributed by atoms with van der Waals surface area (Å²) in [5, 5.41) is 2.47. The number of oxazole rings is 2. The monoisotopic (exact) mass is 496 g/mol. The van der Waals surface area contributed by atoms with E-state index in [1.165, 1.54) is 12.0 Å². The van der Waals surface area contributed by atoms with Gasteiger partial charge in [-0.1, -0.05) is 36.9 Å². The zero-order valence-corrected chi connectivity index (χ0v) is 19.8. The molecule has 12 nitrogen and oxygen atoms in total. The summed E-state index contributed by atoms with van der Waals surface area (Å²) < 4.78 is 26.5. The number of carbonyl (C=O) groups is 3. The fourth-order valence-corrected chi connectivity index (χ4v) is 3.53. The minimum atomic E-state index is -0.994. The Labute approximate surface area is 205 Å². The third-order valence-corrected chi connectivity index (χ3v) is 5.35. The Morgan fingerprint density at radius 1 is 1.14 bits per heavy atom. The lowest BCUT2D eigenvalue weighted by Gasteiger charge is -2.31. The summed E-state index contributed by atoms with van der Waals surface area (Å²) in [6, 6.07) is 8.54. The molecule has 1 saturated heterocycles. The van der Waals surface area contributed by atoms with Gasteiger partial charge < -0.3 is 28.4 Å². The van der Waals surface area contributed by atoms with Gasteiger partial charge in [-0.25, -0.2) is 19.6 Å². The highest BCUT2D eigenvalue weighted by atomic mass is 16.6. The van der Waals surface area contributed by atoms with Gasteiger partial charge in [0.2, 0.25) is 11.8 Å². The number of methoxy groups -OCH3 is 1. The molecule has 2 aromatic heterocycles. The molecule has 3 aromatic rings. The van der Waals surface area contributed by atoms with Crippen LogP contribution in [0.25, 0.3) is 5.70 Å². The first-order valence-corrected chi connectivity index (χ1v) is 10.8. The van der Waals surface area contributed by atoms with Crippen LogP contribution in [0.2, 0.25) is 0 Å². The van der Waals surface area contributed by atoms with E-state index in [0.29, 0.717) is 0 Å². The van der Waals surface area contributed by atoms with E-state index in [-0.39, 0.29) is 42.1 Å². The lowest BCUT2D eigenvalue weighted by molar-refractivity contribution is -0.0500. The maximum atomic E-state index is 12.9. The van der Waals surface area contributed by atoms with E-state index in [1.54, 1.807) is 13.8 Å². The highest BCUT2D eigenvalue weighted by Gasteiger charge is 2.47. The van der Waals surface area contributed by atoms with Gasteiger partial charge >= 0.3 is 12.1 Å². The number of rotatable bonds is 7. The molecule has 0 unspecified atom stereocenters. The molecule has 1 fully saturated rings. The van der Waals surface area contributed by atoms with Crippen molar-refractivity contribution in [2.75, 3.05) is 13.7 Å². The molecule has 1 atom stereocenters. The molecule has 1 aliphatic rings. The Morgan fingerprint density at radius 3 is 2.58 bits per heavy atom. The van der Waals surface area contributed by atoms with E-state index < -0.39 is 29.7 Å². The molecular formula is C24H24N4O8. The molecule has 188 valence electrons. The van der Waals surface area contributed by atoms with E-state index in [4.69, 9.17) is 18.3 Å². The number of carbonyl (C=O) groups excluding carboxylic acids is 3. The van der Waals surface area contributed by atoms with Crippen molar-refractivity contribution in [2.45, 2.75) is 32.2 Å². The van der Waals surface area contributed by atoms with Crippen LogP contribution in [0.3, 0.4) is 0 Å². The Kier molecular flexibility index (Phi) is 6.88. The molecule has 0 bridgehead atoms. The fourth-order valence-electron chi connectivity index (χ4n) is 3.53. The predicted molar refractivity (Wildman–Crippen MR) is 122 cm³/mol. The Morgan fingerprint density at radius 2 is 1.86 bits per heavy atom. The number of hydrogen-bond acceptors (Lipinski definition) is 10. The molecule has 36 heavy (non-hydrogen) atoms. The number of benzene rings is 1. The number of nitrogens with zero attached hydrogens (tertiary/aromatic N) is 3. The van der Waals surface area contributed by atoms with Crippen molar-refractivity contribution in [3.63, 3.8) is 0 Å². The second kappa shape index (κ2) is 10.0. The number of hydrogen-bond donors (Lipinski definition) is 1. The van der Waals surface area contributed by atoms with Crippen LogP contribution in [-0.2, 0) is 20.8 Å². The summed E-state index contributed by atoms with van der Waals surface area (Å²) in [5.74, 6) is -1.34. The second-order valence-electron chi connectivity index (χ2n) is 8.22. The first-order valence-electron chi connectivity index (χ1n) is 10.8. The molecule has 12 heteroatoms. The summed E-state index contributed by atoms with van der Waals surface area (Å²) in [4.78, 5) is 46.6. The van der Waals surface area contributed by atoms with Crippen molar-refractivity contribution < 1.29 is 37.4 Å². The molecule has 0 saturated carbocycles. The second-order valence-corrected chi connectivity index (χ2v) is 8.22.